The summed E-state index contributed by atoms with van der Waals surface area (Å²) in [7, 11) is 0. The molecule has 4 aromatic carbocycles. The third-order valence-corrected chi connectivity index (χ3v) is 7.05. The molecule has 0 unspecified atom stereocenters. The molecule has 1 aliphatic rings. The molecule has 5 aromatic rings. The monoisotopic (exact) mass is 477 g/mol. The average molecular weight is 478 g/mol. The fourth-order valence-electron chi connectivity index (χ4n) is 4.41. The van der Waals surface area contributed by atoms with E-state index in [0.717, 1.165) is 39.9 Å². The lowest BCUT2D eigenvalue weighted by atomic mass is 10.0. The van der Waals surface area contributed by atoms with Crippen LogP contribution in [0, 0.1) is 6.92 Å². The number of aromatic nitrogens is 1. The quantitative estimate of drug-likeness (QED) is 0.307. The van der Waals surface area contributed by atoms with Crippen LogP contribution in [-0.2, 0) is 6.54 Å². The Balaban J connectivity index is 1.15. The molecule has 2 heterocycles. The molecule has 0 atom stereocenters. The van der Waals surface area contributed by atoms with Gasteiger partial charge in [-0.1, -0.05) is 42.5 Å². The molecule has 0 aliphatic carbocycles. The summed E-state index contributed by atoms with van der Waals surface area (Å²) in [5, 5.41) is 8.47. The number of nitrogens with one attached hydrogen (secondary N) is 1. The Morgan fingerprint density at radius 3 is 2.54 bits per heavy atom. The topological polar surface area (TPSA) is 54.5 Å². The van der Waals surface area contributed by atoms with Crippen LogP contribution in [0.3, 0.4) is 0 Å². The second-order valence-corrected chi connectivity index (χ2v) is 9.63. The highest BCUT2D eigenvalue weighted by Gasteiger charge is 2.20. The highest BCUT2D eigenvalue weighted by molar-refractivity contribution is 7.09. The lowest BCUT2D eigenvalue weighted by Gasteiger charge is -2.31. The van der Waals surface area contributed by atoms with Gasteiger partial charge in [-0.15, -0.1) is 11.3 Å². The Kier molecular flexibility index (Phi) is 5.43. The fourth-order valence-corrected chi connectivity index (χ4v) is 5.03. The van der Waals surface area contributed by atoms with Gasteiger partial charge in [-0.05, 0) is 60.2 Å². The maximum absolute atomic E-state index is 12.8. The number of hydrogen-bond donors (Lipinski definition) is 1. The number of carbonyl (C=O) groups is 1. The smallest absolute Gasteiger partial charge is 0.255 e. The van der Waals surface area contributed by atoms with Crippen LogP contribution in [0.5, 0.6) is 5.75 Å². The molecule has 5 nitrogen and oxygen atoms in total. The van der Waals surface area contributed by atoms with E-state index in [2.05, 4.69) is 45.5 Å². The fraction of sp³-hybridized carbons (Fsp3) is 0.103. The van der Waals surface area contributed by atoms with Crippen LogP contribution in [0.1, 0.15) is 20.9 Å². The number of aryl methyl sites for hydroxylation is 1. The van der Waals surface area contributed by atoms with Gasteiger partial charge in [0.2, 0.25) is 0 Å². The van der Waals surface area contributed by atoms with Crippen molar-refractivity contribution >= 4 is 39.4 Å². The Bertz CT molecular complexity index is 1520. The highest BCUT2D eigenvalue weighted by atomic mass is 32.1. The predicted molar refractivity (Wildman–Crippen MR) is 142 cm³/mol. The Labute approximate surface area is 207 Å². The first-order valence-electron chi connectivity index (χ1n) is 11.5. The number of nitrogens with zero attached hydrogens (tertiary/aromatic N) is 2. The van der Waals surface area contributed by atoms with E-state index in [-0.39, 0.29) is 5.91 Å². The molecule has 0 spiro atoms. The van der Waals surface area contributed by atoms with Crippen molar-refractivity contribution in [1.82, 2.24) is 4.98 Å². The van der Waals surface area contributed by atoms with E-state index in [0.29, 0.717) is 12.3 Å². The van der Waals surface area contributed by atoms with Crippen molar-refractivity contribution in [3.63, 3.8) is 0 Å². The number of thiazole rings is 1. The molecule has 6 rings (SSSR count). The summed E-state index contributed by atoms with van der Waals surface area (Å²) in [6.45, 7) is 3.22. The zero-order chi connectivity index (χ0) is 23.8. The van der Waals surface area contributed by atoms with Gasteiger partial charge < -0.3 is 15.0 Å². The SMILES string of the molecule is Cc1nc(-c2ccc(NC(=O)c3ccc(N4COc5ccc6ccccc6c5C4)cc3)cc2)cs1. The maximum Gasteiger partial charge on any atom is 0.255 e. The second kappa shape index (κ2) is 8.89. The van der Waals surface area contributed by atoms with Crippen molar-refractivity contribution in [2.75, 3.05) is 16.9 Å². The van der Waals surface area contributed by atoms with Gasteiger partial charge in [0, 0.05) is 33.4 Å². The summed E-state index contributed by atoms with van der Waals surface area (Å²) < 4.78 is 6.04. The summed E-state index contributed by atoms with van der Waals surface area (Å²) in [5.74, 6) is 0.798. The molecule has 1 aliphatic heterocycles. The molecule has 0 radical (unpaired) electrons. The predicted octanol–water partition coefficient (Wildman–Crippen LogP) is 6.88. The van der Waals surface area contributed by atoms with E-state index in [9.17, 15) is 4.79 Å². The van der Waals surface area contributed by atoms with Gasteiger partial charge in [0.15, 0.2) is 6.73 Å². The lowest BCUT2D eigenvalue weighted by Crippen LogP contribution is -2.32. The molecule has 1 aromatic heterocycles. The molecule has 0 saturated heterocycles. The lowest BCUT2D eigenvalue weighted by molar-refractivity contribution is 0.102. The first-order valence-corrected chi connectivity index (χ1v) is 12.3. The zero-order valence-corrected chi connectivity index (χ0v) is 20.0. The van der Waals surface area contributed by atoms with Crippen molar-refractivity contribution in [3.8, 4) is 17.0 Å². The van der Waals surface area contributed by atoms with Crippen molar-refractivity contribution in [1.29, 1.82) is 0 Å². The number of hydrogen-bond acceptors (Lipinski definition) is 5. The molecule has 0 fully saturated rings. The minimum absolute atomic E-state index is 0.139. The normalized spacial score (nSPS) is 12.8. The first-order chi connectivity index (χ1) is 17.1. The molecule has 0 saturated carbocycles. The molecular formula is C29H23N3O2S. The third-order valence-electron chi connectivity index (χ3n) is 6.27. The van der Waals surface area contributed by atoms with E-state index in [1.807, 2.05) is 66.9 Å². The van der Waals surface area contributed by atoms with E-state index in [1.54, 1.807) is 11.3 Å². The number of carbonyl (C=O) groups excluding carboxylic acids is 1. The Hall–Kier alpha value is -4.16. The molecule has 172 valence electrons. The van der Waals surface area contributed by atoms with E-state index in [4.69, 9.17) is 4.74 Å². The summed E-state index contributed by atoms with van der Waals surface area (Å²) in [6.07, 6.45) is 0. The van der Waals surface area contributed by atoms with Gasteiger partial charge in [0.1, 0.15) is 5.75 Å². The summed E-state index contributed by atoms with van der Waals surface area (Å²) in [4.78, 5) is 19.5. The summed E-state index contributed by atoms with van der Waals surface area (Å²) >= 11 is 1.63. The number of fused-ring (bicyclic) bond motifs is 3. The van der Waals surface area contributed by atoms with Gasteiger partial charge in [-0.3, -0.25) is 4.79 Å². The highest BCUT2D eigenvalue weighted by Crippen LogP contribution is 2.34. The molecule has 6 heteroatoms. The van der Waals surface area contributed by atoms with E-state index in [1.165, 1.54) is 16.3 Å². The Morgan fingerprint density at radius 1 is 0.971 bits per heavy atom. The number of rotatable bonds is 4. The standard InChI is InChI=1S/C29H23N3O2S/c1-19-30-27(17-35-19)21-6-11-23(12-7-21)31-29(33)22-8-13-24(14-9-22)32-16-26-25-5-3-2-4-20(25)10-15-28(26)34-18-32/h2-15,17H,16,18H2,1H3,(H,31,33). The number of anilines is 2. The van der Waals surface area contributed by atoms with E-state index >= 15 is 0 Å². The molecular weight excluding hydrogens is 454 g/mol. The maximum atomic E-state index is 12.8. The van der Waals surface area contributed by atoms with Crippen LogP contribution in [0.4, 0.5) is 11.4 Å². The van der Waals surface area contributed by atoms with Crippen LogP contribution in [0.15, 0.2) is 90.3 Å². The third kappa shape index (κ3) is 4.24. The Morgan fingerprint density at radius 2 is 1.77 bits per heavy atom. The van der Waals surface area contributed by atoms with Crippen LogP contribution in [-0.4, -0.2) is 17.6 Å². The van der Waals surface area contributed by atoms with Crippen molar-refractivity contribution < 1.29 is 9.53 Å². The van der Waals surface area contributed by atoms with Gasteiger partial charge in [-0.25, -0.2) is 4.98 Å². The second-order valence-electron chi connectivity index (χ2n) is 8.56. The molecule has 1 amide bonds. The van der Waals surface area contributed by atoms with Gasteiger partial charge in [0.25, 0.3) is 5.91 Å². The first kappa shape index (κ1) is 21.4. The molecule has 1 N–H and O–H groups in total. The largest absolute Gasteiger partial charge is 0.473 e. The van der Waals surface area contributed by atoms with Crippen molar-refractivity contribution in [3.05, 3.63) is 106 Å². The average Bonchev–Trinajstić information content (AvgIpc) is 3.35. The number of benzene rings is 4. The number of amides is 1. The molecule has 0 bridgehead atoms. The van der Waals surface area contributed by atoms with Gasteiger partial charge >= 0.3 is 0 Å². The van der Waals surface area contributed by atoms with Crippen LogP contribution in [0.2, 0.25) is 0 Å². The zero-order valence-electron chi connectivity index (χ0n) is 19.2. The minimum atomic E-state index is -0.139. The summed E-state index contributed by atoms with van der Waals surface area (Å²) in [6, 6.07) is 27.9. The van der Waals surface area contributed by atoms with Crippen LogP contribution >= 0.6 is 11.3 Å². The van der Waals surface area contributed by atoms with Crippen LogP contribution in [0.25, 0.3) is 22.0 Å². The van der Waals surface area contributed by atoms with Crippen LogP contribution < -0.4 is 15.0 Å². The molecule has 35 heavy (non-hydrogen) atoms. The summed E-state index contributed by atoms with van der Waals surface area (Å²) in [5.41, 5.74) is 5.56. The van der Waals surface area contributed by atoms with Crippen molar-refractivity contribution in [2.45, 2.75) is 13.5 Å². The van der Waals surface area contributed by atoms with E-state index < -0.39 is 0 Å². The van der Waals surface area contributed by atoms with Crippen molar-refractivity contribution in [2.24, 2.45) is 0 Å². The van der Waals surface area contributed by atoms with Gasteiger partial charge in [0.05, 0.1) is 17.2 Å². The number of ether oxygens (including phenoxy) is 1. The minimum Gasteiger partial charge on any atom is -0.473 e. The van der Waals surface area contributed by atoms with Gasteiger partial charge in [-0.2, -0.15) is 0 Å².